The fraction of sp³-hybridized carbons (Fsp3) is 0.600. The minimum absolute atomic E-state index is 0.159. The summed E-state index contributed by atoms with van der Waals surface area (Å²) in [6.45, 7) is 7.61. The highest BCUT2D eigenvalue weighted by Crippen LogP contribution is 2.11. The quantitative estimate of drug-likeness (QED) is 0.790. The molecular weight excluding hydrogens is 321 g/mol. The smallest absolute Gasteiger partial charge is 0.268 e. The van der Waals surface area contributed by atoms with Crippen molar-refractivity contribution in [2.24, 2.45) is 0 Å². The predicted molar refractivity (Wildman–Crippen MR) is 70.9 cm³/mol. The summed E-state index contributed by atoms with van der Waals surface area (Å²) in [7, 11) is 0. The number of ether oxygens (including phenoxy) is 1. The number of nitrogens with one attached hydrogen (secondary N) is 1. The minimum Gasteiger partial charge on any atom is -0.475 e. The molecule has 0 spiro atoms. The zero-order valence-electron chi connectivity index (χ0n) is 9.49. The number of hydrogen-bond donors (Lipinski definition) is 1. The van der Waals surface area contributed by atoms with Crippen LogP contribution in [0, 0.1) is 3.57 Å². The normalized spacial score (nSPS) is 10.8. The fourth-order valence-corrected chi connectivity index (χ4v) is 1.73. The van der Waals surface area contributed by atoms with Crippen LogP contribution in [0.4, 0.5) is 0 Å². The summed E-state index contributed by atoms with van der Waals surface area (Å²) < 4.78 is 5.97. The molecule has 0 aliphatic rings. The molecule has 0 saturated heterocycles. The Bertz CT molecular complexity index is 377. The molecule has 0 radical (unpaired) electrons. The molecule has 0 amide bonds. The Balaban J connectivity index is 2.49. The SMILES string of the molecule is CCN(CC)CCOc1nc[nH]c(=O)c1I. The summed E-state index contributed by atoms with van der Waals surface area (Å²) in [5.74, 6) is 0.413. The number of rotatable bonds is 6. The van der Waals surface area contributed by atoms with Gasteiger partial charge < -0.3 is 14.6 Å². The lowest BCUT2D eigenvalue weighted by atomic mass is 10.5. The highest BCUT2D eigenvalue weighted by atomic mass is 127. The molecule has 1 aromatic rings. The van der Waals surface area contributed by atoms with Crippen LogP contribution in [-0.4, -0.2) is 41.1 Å². The van der Waals surface area contributed by atoms with Gasteiger partial charge in [0.25, 0.3) is 5.56 Å². The van der Waals surface area contributed by atoms with E-state index in [0.717, 1.165) is 19.6 Å². The van der Waals surface area contributed by atoms with Crippen LogP contribution in [0.15, 0.2) is 11.1 Å². The second-order valence-electron chi connectivity index (χ2n) is 3.23. The molecule has 0 bridgehead atoms. The van der Waals surface area contributed by atoms with E-state index in [1.54, 1.807) is 0 Å². The second-order valence-corrected chi connectivity index (χ2v) is 4.30. The van der Waals surface area contributed by atoms with Crippen molar-refractivity contribution >= 4 is 22.6 Å². The van der Waals surface area contributed by atoms with Gasteiger partial charge in [-0.15, -0.1) is 0 Å². The number of H-pyrrole nitrogens is 1. The molecule has 0 aromatic carbocycles. The Morgan fingerprint density at radius 2 is 2.19 bits per heavy atom. The van der Waals surface area contributed by atoms with Crippen molar-refractivity contribution in [3.05, 3.63) is 20.3 Å². The third-order valence-electron chi connectivity index (χ3n) is 2.31. The van der Waals surface area contributed by atoms with E-state index in [-0.39, 0.29) is 5.56 Å². The van der Waals surface area contributed by atoms with Crippen LogP contribution >= 0.6 is 22.6 Å². The van der Waals surface area contributed by atoms with Crippen LogP contribution in [0.5, 0.6) is 5.88 Å². The molecule has 1 heterocycles. The molecule has 16 heavy (non-hydrogen) atoms. The lowest BCUT2D eigenvalue weighted by molar-refractivity contribution is 0.216. The van der Waals surface area contributed by atoms with Gasteiger partial charge in [0, 0.05) is 6.54 Å². The van der Waals surface area contributed by atoms with Gasteiger partial charge in [0.2, 0.25) is 5.88 Å². The monoisotopic (exact) mass is 337 g/mol. The molecule has 1 rings (SSSR count). The standard InChI is InChI=1S/C10H16IN3O2/c1-3-14(4-2)5-6-16-10-8(11)9(15)12-7-13-10/h7H,3-6H2,1-2H3,(H,12,13,15). The maximum Gasteiger partial charge on any atom is 0.268 e. The third-order valence-corrected chi connectivity index (χ3v) is 3.26. The topological polar surface area (TPSA) is 58.2 Å². The molecule has 5 nitrogen and oxygen atoms in total. The van der Waals surface area contributed by atoms with Crippen molar-refractivity contribution < 1.29 is 4.74 Å². The van der Waals surface area contributed by atoms with Crippen molar-refractivity contribution in [1.29, 1.82) is 0 Å². The molecule has 0 fully saturated rings. The van der Waals surface area contributed by atoms with Gasteiger partial charge in [-0.05, 0) is 35.7 Å². The van der Waals surface area contributed by atoms with E-state index in [2.05, 4.69) is 28.7 Å². The van der Waals surface area contributed by atoms with Crippen molar-refractivity contribution in [3.63, 3.8) is 0 Å². The zero-order chi connectivity index (χ0) is 12.0. The van der Waals surface area contributed by atoms with Crippen LogP contribution in [0.2, 0.25) is 0 Å². The van der Waals surface area contributed by atoms with Gasteiger partial charge in [-0.25, -0.2) is 4.98 Å². The molecule has 0 aliphatic carbocycles. The second kappa shape index (κ2) is 6.85. The third kappa shape index (κ3) is 3.75. The van der Waals surface area contributed by atoms with Gasteiger partial charge in [-0.2, -0.15) is 0 Å². The number of aromatic amines is 1. The Morgan fingerprint density at radius 1 is 1.50 bits per heavy atom. The molecule has 90 valence electrons. The summed E-state index contributed by atoms with van der Waals surface area (Å²) in [6.07, 6.45) is 1.36. The van der Waals surface area contributed by atoms with Crippen molar-refractivity contribution in [3.8, 4) is 5.88 Å². The van der Waals surface area contributed by atoms with E-state index in [9.17, 15) is 4.79 Å². The van der Waals surface area contributed by atoms with Crippen LogP contribution in [0.25, 0.3) is 0 Å². The predicted octanol–water partition coefficient (Wildman–Crippen LogP) is 1.10. The molecule has 6 heteroatoms. The van der Waals surface area contributed by atoms with Crippen LogP contribution < -0.4 is 10.3 Å². The summed E-state index contributed by atoms with van der Waals surface area (Å²) in [5, 5.41) is 0. The van der Waals surface area contributed by atoms with Gasteiger partial charge in [-0.3, -0.25) is 4.79 Å². The molecule has 0 unspecified atom stereocenters. The molecule has 0 atom stereocenters. The first-order valence-corrected chi connectivity index (χ1v) is 6.35. The maximum atomic E-state index is 11.3. The molecular formula is C10H16IN3O2. The Kier molecular flexibility index (Phi) is 5.75. The van der Waals surface area contributed by atoms with Crippen molar-refractivity contribution in [1.82, 2.24) is 14.9 Å². The first-order chi connectivity index (χ1) is 7.69. The molecule has 1 N–H and O–H groups in total. The molecule has 0 aliphatic heterocycles. The number of hydrogen-bond acceptors (Lipinski definition) is 4. The van der Waals surface area contributed by atoms with Crippen LogP contribution in [0.1, 0.15) is 13.8 Å². The average Bonchev–Trinajstić information content (AvgIpc) is 2.30. The summed E-state index contributed by atoms with van der Waals surface area (Å²) in [6, 6.07) is 0. The van der Waals surface area contributed by atoms with Crippen molar-refractivity contribution in [2.75, 3.05) is 26.2 Å². The van der Waals surface area contributed by atoms with E-state index in [1.807, 2.05) is 22.6 Å². The zero-order valence-corrected chi connectivity index (χ0v) is 11.7. The van der Waals surface area contributed by atoms with E-state index < -0.39 is 0 Å². The fourth-order valence-electron chi connectivity index (χ4n) is 1.28. The number of halogens is 1. The highest BCUT2D eigenvalue weighted by molar-refractivity contribution is 14.1. The lowest BCUT2D eigenvalue weighted by Crippen LogP contribution is -2.28. The Morgan fingerprint density at radius 3 is 2.81 bits per heavy atom. The number of likely N-dealkylation sites (N-methyl/N-ethyl adjacent to an activating group) is 1. The van der Waals surface area contributed by atoms with Crippen LogP contribution in [-0.2, 0) is 0 Å². The summed E-state index contributed by atoms with van der Waals surface area (Å²) >= 11 is 1.94. The molecule has 1 aromatic heterocycles. The first kappa shape index (κ1) is 13.4. The lowest BCUT2D eigenvalue weighted by Gasteiger charge is -2.17. The maximum absolute atomic E-state index is 11.3. The first-order valence-electron chi connectivity index (χ1n) is 5.27. The summed E-state index contributed by atoms with van der Waals surface area (Å²) in [5.41, 5.74) is -0.159. The highest BCUT2D eigenvalue weighted by Gasteiger charge is 2.06. The van der Waals surface area contributed by atoms with Gasteiger partial charge in [0.1, 0.15) is 10.2 Å². The average molecular weight is 337 g/mol. The van der Waals surface area contributed by atoms with Gasteiger partial charge in [0.05, 0.1) is 6.33 Å². The summed E-state index contributed by atoms with van der Waals surface area (Å²) in [4.78, 5) is 20.0. The van der Waals surface area contributed by atoms with Gasteiger partial charge >= 0.3 is 0 Å². The number of aromatic nitrogens is 2. The van der Waals surface area contributed by atoms with E-state index in [1.165, 1.54) is 6.33 Å². The van der Waals surface area contributed by atoms with E-state index in [0.29, 0.717) is 16.1 Å². The van der Waals surface area contributed by atoms with Gasteiger partial charge in [0.15, 0.2) is 0 Å². The minimum atomic E-state index is -0.159. The van der Waals surface area contributed by atoms with Gasteiger partial charge in [-0.1, -0.05) is 13.8 Å². The number of nitrogens with zero attached hydrogens (tertiary/aromatic N) is 2. The Labute approximate surface area is 108 Å². The largest absolute Gasteiger partial charge is 0.475 e. The van der Waals surface area contributed by atoms with Crippen molar-refractivity contribution in [2.45, 2.75) is 13.8 Å². The van der Waals surface area contributed by atoms with Crippen LogP contribution in [0.3, 0.4) is 0 Å². The molecule has 0 saturated carbocycles. The Hall–Kier alpha value is -0.630. The van der Waals surface area contributed by atoms with E-state index in [4.69, 9.17) is 4.74 Å². The van der Waals surface area contributed by atoms with E-state index >= 15 is 0 Å².